The molecule has 4 rings (SSSR count). The number of hydrogen-bond acceptors (Lipinski definition) is 8. The molecule has 0 saturated carbocycles. The minimum absolute atomic E-state index is 0.137. The van der Waals surface area contributed by atoms with Crippen LogP contribution in [0.5, 0.6) is 11.5 Å². The summed E-state index contributed by atoms with van der Waals surface area (Å²) in [5, 5.41) is 9.66. The molecule has 2 atom stereocenters. The van der Waals surface area contributed by atoms with E-state index in [2.05, 4.69) is 60.4 Å². The Labute approximate surface area is 263 Å². The summed E-state index contributed by atoms with van der Waals surface area (Å²) in [5.41, 5.74) is 3.91. The molecule has 3 heterocycles. The third-order valence-corrected chi connectivity index (χ3v) is 9.63. The lowest BCUT2D eigenvalue weighted by atomic mass is 9.79. The Bertz CT molecular complexity index is 1230. The number of unbranched alkanes of at least 4 members (excludes halogenated alkanes) is 2. The number of esters is 1. The third kappa shape index (κ3) is 8.98. The number of carbonyl (C=O) groups is 1. The van der Waals surface area contributed by atoms with Crippen molar-refractivity contribution in [3.63, 3.8) is 0 Å². The Morgan fingerprint density at radius 2 is 1.89 bits per heavy atom. The van der Waals surface area contributed by atoms with Gasteiger partial charge in [-0.15, -0.1) is 16.5 Å². The highest BCUT2D eigenvalue weighted by atomic mass is 16.9. The van der Waals surface area contributed by atoms with Crippen LogP contribution in [0, 0.1) is 28.4 Å². The molecule has 1 fully saturated rings. The minimum atomic E-state index is -0.734. The normalized spacial score (nSPS) is 19.6. The molecule has 0 spiro atoms. The van der Waals surface area contributed by atoms with Crippen LogP contribution in [0.2, 0.25) is 0 Å². The zero-order valence-corrected chi connectivity index (χ0v) is 27.2. The maximum atomic E-state index is 13.3. The molecule has 9 heteroatoms. The number of nitrogens with zero attached hydrogens (tertiary/aromatic N) is 3. The molecule has 0 N–H and O–H groups in total. The summed E-state index contributed by atoms with van der Waals surface area (Å²) in [6, 6.07) is 4.20. The fraction of sp³-hybridized carbons (Fsp3) is 0.686. The Balaban J connectivity index is 1.54. The second-order valence-electron chi connectivity index (χ2n) is 13.3. The van der Waals surface area contributed by atoms with E-state index < -0.39 is 10.7 Å². The minimum Gasteiger partial charge on any atom is -0.483 e. The summed E-state index contributed by atoms with van der Waals surface area (Å²) in [7, 11) is 0. The van der Waals surface area contributed by atoms with E-state index in [9.17, 15) is 14.9 Å². The number of carbonyl (C=O) groups excluding carboxylic acids is 1. The van der Waals surface area contributed by atoms with Crippen LogP contribution in [0.15, 0.2) is 17.7 Å². The zero-order chi connectivity index (χ0) is 31.7. The highest BCUT2D eigenvalue weighted by Crippen LogP contribution is 2.49. The lowest BCUT2D eigenvalue weighted by molar-refractivity contribution is -0.757. The van der Waals surface area contributed by atoms with Crippen molar-refractivity contribution in [2.24, 2.45) is 5.92 Å². The van der Waals surface area contributed by atoms with Crippen LogP contribution >= 0.6 is 0 Å². The monoisotopic (exact) mass is 609 g/mol. The maximum absolute atomic E-state index is 13.3. The molecule has 2 unspecified atom stereocenters. The van der Waals surface area contributed by atoms with E-state index in [4.69, 9.17) is 15.9 Å². The standard InChI is InChI=1S/C35H51N3O6/c1-6-17-37-21-16-30-29(25-37)34-31(43-33(39)15-13-20-36-18-10-8-11-19-36)23-28(24-32(34)44-35(30,4)5)27(3)26(2)14-9-7-12-22-42-38(40)41/h1,23-24,26-27H,7-22,25H2,2-5H3. The Morgan fingerprint density at radius 1 is 1.11 bits per heavy atom. The topological polar surface area (TPSA) is 94.4 Å². The molecule has 0 amide bonds. The van der Waals surface area contributed by atoms with E-state index in [1.165, 1.54) is 24.8 Å². The molecule has 242 valence electrons. The number of rotatable bonds is 15. The van der Waals surface area contributed by atoms with Crippen LogP contribution in [0.4, 0.5) is 0 Å². The first-order valence-electron chi connectivity index (χ1n) is 16.5. The van der Waals surface area contributed by atoms with Gasteiger partial charge in [0.05, 0.1) is 18.7 Å². The highest BCUT2D eigenvalue weighted by Gasteiger charge is 2.39. The molecule has 3 aliphatic heterocycles. The summed E-state index contributed by atoms with van der Waals surface area (Å²) < 4.78 is 12.9. The van der Waals surface area contributed by atoms with Crippen molar-refractivity contribution in [1.82, 2.24) is 9.80 Å². The fourth-order valence-corrected chi connectivity index (χ4v) is 6.91. The molecule has 1 aromatic rings. The van der Waals surface area contributed by atoms with Gasteiger partial charge in [-0.05, 0) is 106 Å². The molecule has 3 aliphatic rings. The molecule has 1 aromatic carbocycles. The first-order chi connectivity index (χ1) is 21.1. The van der Waals surface area contributed by atoms with Crippen molar-refractivity contribution in [2.45, 2.75) is 103 Å². The van der Waals surface area contributed by atoms with Gasteiger partial charge in [0.25, 0.3) is 5.09 Å². The predicted molar refractivity (Wildman–Crippen MR) is 172 cm³/mol. The van der Waals surface area contributed by atoms with Gasteiger partial charge in [0.2, 0.25) is 0 Å². The average Bonchev–Trinajstić information content (AvgIpc) is 2.98. The summed E-state index contributed by atoms with van der Waals surface area (Å²) >= 11 is 0. The predicted octanol–water partition coefficient (Wildman–Crippen LogP) is 6.63. The van der Waals surface area contributed by atoms with Gasteiger partial charge in [-0.1, -0.05) is 45.5 Å². The Morgan fingerprint density at radius 3 is 2.61 bits per heavy atom. The van der Waals surface area contributed by atoms with E-state index in [-0.39, 0.29) is 18.5 Å². The van der Waals surface area contributed by atoms with Gasteiger partial charge >= 0.3 is 5.97 Å². The summed E-state index contributed by atoms with van der Waals surface area (Å²) in [6.07, 6.45) is 14.9. The molecule has 1 saturated heterocycles. The molecule has 0 aromatic heterocycles. The quantitative estimate of drug-likeness (QED) is 0.0546. The number of piperidine rings is 1. The first kappa shape index (κ1) is 33.8. The van der Waals surface area contributed by atoms with Crippen molar-refractivity contribution in [1.29, 1.82) is 0 Å². The zero-order valence-electron chi connectivity index (χ0n) is 27.2. The SMILES string of the molecule is C#CCN1CCC2=C(C1)c1c(OC(=O)CCCN3CCCCC3)cc(C(C)C(C)CCCCCO[N+](=O)[O-])cc1OC2(C)C. The second kappa shape index (κ2) is 15.8. The van der Waals surface area contributed by atoms with E-state index >= 15 is 0 Å². The van der Waals surface area contributed by atoms with Gasteiger partial charge in [0.1, 0.15) is 17.1 Å². The number of terminal acetylenes is 1. The Kier molecular flexibility index (Phi) is 12.1. The lowest BCUT2D eigenvalue weighted by Gasteiger charge is -2.42. The summed E-state index contributed by atoms with van der Waals surface area (Å²) in [4.78, 5) is 32.8. The molecule has 0 aliphatic carbocycles. The van der Waals surface area contributed by atoms with E-state index in [0.717, 1.165) is 80.7 Å². The van der Waals surface area contributed by atoms with Crippen LogP contribution in [-0.2, 0) is 9.63 Å². The molecular formula is C35H51N3O6. The molecule has 9 nitrogen and oxygen atoms in total. The summed E-state index contributed by atoms with van der Waals surface area (Å²) in [6.45, 7) is 14.1. The van der Waals surface area contributed by atoms with Crippen molar-refractivity contribution < 1.29 is 24.2 Å². The number of benzene rings is 1. The van der Waals surface area contributed by atoms with E-state index in [1.54, 1.807) is 0 Å². The smallest absolute Gasteiger partial charge is 0.311 e. The number of likely N-dealkylation sites (tertiary alicyclic amines) is 1. The van der Waals surface area contributed by atoms with E-state index in [0.29, 0.717) is 37.6 Å². The van der Waals surface area contributed by atoms with Crippen LogP contribution in [-0.4, -0.2) is 72.3 Å². The highest BCUT2D eigenvalue weighted by molar-refractivity contribution is 5.85. The van der Waals surface area contributed by atoms with Gasteiger partial charge in [0.15, 0.2) is 0 Å². The van der Waals surface area contributed by atoms with Gasteiger partial charge in [-0.2, -0.15) is 0 Å². The van der Waals surface area contributed by atoms with Crippen molar-refractivity contribution in [3.05, 3.63) is 38.9 Å². The maximum Gasteiger partial charge on any atom is 0.311 e. The molecule has 0 bridgehead atoms. The van der Waals surface area contributed by atoms with E-state index in [1.807, 2.05) is 0 Å². The second-order valence-corrected chi connectivity index (χ2v) is 13.3. The molecule has 44 heavy (non-hydrogen) atoms. The van der Waals surface area contributed by atoms with Crippen LogP contribution < -0.4 is 9.47 Å². The first-order valence-corrected chi connectivity index (χ1v) is 16.5. The largest absolute Gasteiger partial charge is 0.483 e. The van der Waals surface area contributed by atoms with Crippen LogP contribution in [0.3, 0.4) is 0 Å². The average molecular weight is 610 g/mol. The van der Waals surface area contributed by atoms with Crippen LogP contribution in [0.25, 0.3) is 5.57 Å². The Hall–Kier alpha value is -3.09. The van der Waals surface area contributed by atoms with Crippen molar-refractivity contribution in [2.75, 3.05) is 45.9 Å². The van der Waals surface area contributed by atoms with Gasteiger partial charge in [-0.25, -0.2) is 0 Å². The number of hydrogen-bond donors (Lipinski definition) is 0. The van der Waals surface area contributed by atoms with Crippen LogP contribution in [0.1, 0.15) is 109 Å². The third-order valence-electron chi connectivity index (χ3n) is 9.63. The van der Waals surface area contributed by atoms with Gasteiger partial charge in [-0.3, -0.25) is 9.69 Å². The van der Waals surface area contributed by atoms with Gasteiger partial charge < -0.3 is 19.2 Å². The summed E-state index contributed by atoms with van der Waals surface area (Å²) in [5.74, 6) is 4.48. The number of ether oxygens (including phenoxy) is 2. The van der Waals surface area contributed by atoms with Crippen molar-refractivity contribution in [3.8, 4) is 23.8 Å². The molecule has 0 radical (unpaired) electrons. The lowest BCUT2D eigenvalue weighted by Crippen LogP contribution is -2.42. The fourth-order valence-electron chi connectivity index (χ4n) is 6.91. The molecular weight excluding hydrogens is 558 g/mol. The van der Waals surface area contributed by atoms with Crippen molar-refractivity contribution >= 4 is 11.5 Å². The number of fused-ring (bicyclic) bond motifs is 2. The van der Waals surface area contributed by atoms with Gasteiger partial charge in [0, 0.05) is 19.5 Å².